The number of pyridine rings is 1. The lowest BCUT2D eigenvalue weighted by Gasteiger charge is -2.33. The number of nitrogens with zero attached hydrogens (tertiary/aromatic N) is 3. The van der Waals surface area contributed by atoms with Crippen LogP contribution in [-0.4, -0.2) is 87.0 Å². The fourth-order valence-electron chi connectivity index (χ4n) is 4.89. The number of piperidine rings is 1. The van der Waals surface area contributed by atoms with E-state index >= 15 is 0 Å². The molecule has 1 aliphatic rings. The molecule has 1 aromatic carbocycles. The van der Waals surface area contributed by atoms with Crippen LogP contribution in [0.1, 0.15) is 24.7 Å². The van der Waals surface area contributed by atoms with Crippen LogP contribution in [0, 0.1) is 11.8 Å². The molecule has 242 valence electrons. The van der Waals surface area contributed by atoms with Gasteiger partial charge in [-0.3, -0.25) is 9.20 Å². The van der Waals surface area contributed by atoms with Gasteiger partial charge in [0.1, 0.15) is 17.6 Å². The number of halogens is 4. The number of rotatable bonds is 9. The molecule has 45 heavy (non-hydrogen) atoms. The number of nitrogens with one attached hydrogen (secondary N) is 3. The number of likely N-dealkylation sites (tertiary alicyclic amines) is 1. The van der Waals surface area contributed by atoms with Gasteiger partial charge in [0.2, 0.25) is 5.91 Å². The van der Waals surface area contributed by atoms with Gasteiger partial charge in [-0.05, 0) is 50.6 Å². The van der Waals surface area contributed by atoms with Crippen LogP contribution in [0.25, 0.3) is 5.65 Å². The first-order valence-corrected chi connectivity index (χ1v) is 15.8. The number of allylic oxidation sites excluding steroid dienone is 1. The fraction of sp³-hybridized carbons (Fsp3) is 0.400. The van der Waals surface area contributed by atoms with E-state index in [9.17, 15) is 30.8 Å². The topological polar surface area (TPSA) is 117 Å². The summed E-state index contributed by atoms with van der Waals surface area (Å²) in [5.74, 6) is 5.23. The standard InChI is InChI=1S/C30H34F4N6O4S/c1-5-7-28(41)36-19-14-25(37-22-11-13-39(2)18-21(22)31)29-38-23(26(40(29)17-19)16-30(32,33)34)8-6-12-35-24-10-9-20(45(4,42)43)15-27(24)44-3/h5,7,9-10,14-15,17,21-22,35,37H,11-13,16,18H2,1-4H3,(H,36,41)/b7-5+/t21-,22+/m0/s1. The first-order chi connectivity index (χ1) is 21.2. The molecule has 0 radical (unpaired) electrons. The number of carbonyl (C=O) groups excluding carboxylic acids is 1. The Morgan fingerprint density at radius 1 is 1.24 bits per heavy atom. The lowest BCUT2D eigenvalue weighted by molar-refractivity contribution is -0.128. The molecule has 3 N–H and O–H groups in total. The van der Waals surface area contributed by atoms with E-state index in [1.165, 1.54) is 54.1 Å². The second-order valence-corrected chi connectivity index (χ2v) is 12.6. The Hall–Kier alpha value is -4.29. The zero-order valence-corrected chi connectivity index (χ0v) is 25.9. The molecule has 2 aromatic heterocycles. The number of imidazole rings is 1. The van der Waals surface area contributed by atoms with Crippen molar-refractivity contribution in [1.82, 2.24) is 14.3 Å². The summed E-state index contributed by atoms with van der Waals surface area (Å²) in [4.78, 5) is 18.6. The Labute approximate surface area is 258 Å². The number of ether oxygens (including phenoxy) is 1. The molecule has 15 heteroatoms. The van der Waals surface area contributed by atoms with Crippen LogP contribution in [0.15, 0.2) is 47.5 Å². The SMILES string of the molecule is C/C=C/C(=O)Nc1cc(N[C@@H]2CCN(C)C[C@@H]2F)c2nc(C#CCNc3ccc(S(C)(=O)=O)cc3OC)c(CC(F)(F)F)n2c1. The monoisotopic (exact) mass is 650 g/mol. The van der Waals surface area contributed by atoms with Gasteiger partial charge >= 0.3 is 6.18 Å². The molecule has 1 saturated heterocycles. The number of alkyl halides is 4. The van der Waals surface area contributed by atoms with Gasteiger partial charge in [0.05, 0.1) is 53.8 Å². The van der Waals surface area contributed by atoms with Crippen molar-refractivity contribution in [1.29, 1.82) is 0 Å². The molecule has 2 atom stereocenters. The zero-order valence-electron chi connectivity index (χ0n) is 25.1. The van der Waals surface area contributed by atoms with E-state index in [0.717, 1.165) is 6.26 Å². The zero-order chi connectivity index (χ0) is 32.9. The summed E-state index contributed by atoms with van der Waals surface area (Å²) in [6.07, 6.45) is -1.60. The molecule has 4 rings (SSSR count). The van der Waals surface area contributed by atoms with Crippen molar-refractivity contribution < 1.29 is 35.5 Å². The molecule has 0 saturated carbocycles. The molecule has 0 spiro atoms. The number of amides is 1. The predicted octanol–water partition coefficient (Wildman–Crippen LogP) is 4.28. The largest absolute Gasteiger partial charge is 0.495 e. The van der Waals surface area contributed by atoms with Crippen LogP contribution >= 0.6 is 0 Å². The van der Waals surface area contributed by atoms with Gasteiger partial charge < -0.3 is 25.6 Å². The number of methoxy groups -OCH3 is 1. The van der Waals surface area contributed by atoms with E-state index in [2.05, 4.69) is 32.8 Å². The van der Waals surface area contributed by atoms with Crippen LogP contribution in [0.3, 0.4) is 0 Å². The maximum atomic E-state index is 15.0. The third-order valence-electron chi connectivity index (χ3n) is 7.03. The number of hydrogen-bond donors (Lipinski definition) is 3. The van der Waals surface area contributed by atoms with Crippen molar-refractivity contribution in [2.24, 2.45) is 0 Å². The van der Waals surface area contributed by atoms with E-state index in [-0.39, 0.29) is 52.1 Å². The molecular formula is C30H34F4N6O4S. The van der Waals surface area contributed by atoms with Gasteiger partial charge in [-0.1, -0.05) is 12.0 Å². The lowest BCUT2D eigenvalue weighted by Crippen LogP contribution is -2.46. The van der Waals surface area contributed by atoms with E-state index < -0.39 is 40.6 Å². The number of fused-ring (bicyclic) bond motifs is 1. The quantitative estimate of drug-likeness (QED) is 0.179. The first kappa shape index (κ1) is 33.6. The molecule has 10 nitrogen and oxygen atoms in total. The predicted molar refractivity (Wildman–Crippen MR) is 164 cm³/mol. The van der Waals surface area contributed by atoms with Gasteiger partial charge in [-0.15, -0.1) is 0 Å². The van der Waals surface area contributed by atoms with E-state index in [1.54, 1.807) is 14.0 Å². The van der Waals surface area contributed by atoms with Crippen molar-refractivity contribution in [2.45, 2.75) is 43.1 Å². The Morgan fingerprint density at radius 3 is 2.64 bits per heavy atom. The molecule has 3 aromatic rings. The summed E-state index contributed by atoms with van der Waals surface area (Å²) in [5.41, 5.74) is 0.550. The van der Waals surface area contributed by atoms with Crippen molar-refractivity contribution in [3.63, 3.8) is 0 Å². The molecular weight excluding hydrogens is 616 g/mol. The molecule has 0 aliphatic carbocycles. The van der Waals surface area contributed by atoms with Gasteiger partial charge in [-0.25, -0.2) is 17.8 Å². The number of carbonyl (C=O) groups is 1. The Balaban J connectivity index is 1.73. The van der Waals surface area contributed by atoms with Crippen molar-refractivity contribution in [3.05, 3.63) is 54.0 Å². The van der Waals surface area contributed by atoms with Crippen LogP contribution in [-0.2, 0) is 21.1 Å². The summed E-state index contributed by atoms with van der Waals surface area (Å²) < 4.78 is 86.6. The Morgan fingerprint density at radius 2 is 2.00 bits per heavy atom. The van der Waals surface area contributed by atoms with Crippen molar-refractivity contribution in [2.75, 3.05) is 56.0 Å². The average Bonchev–Trinajstić information content (AvgIpc) is 3.27. The van der Waals surface area contributed by atoms with Crippen LogP contribution in [0.5, 0.6) is 5.75 Å². The summed E-state index contributed by atoms with van der Waals surface area (Å²) >= 11 is 0. The minimum atomic E-state index is -4.62. The summed E-state index contributed by atoms with van der Waals surface area (Å²) in [5, 5.41) is 8.71. The van der Waals surface area contributed by atoms with Gasteiger partial charge in [0.25, 0.3) is 0 Å². The summed E-state index contributed by atoms with van der Waals surface area (Å²) in [7, 11) is -0.297. The van der Waals surface area contributed by atoms with Crippen molar-refractivity contribution >= 4 is 38.5 Å². The number of hydrogen-bond acceptors (Lipinski definition) is 8. The third kappa shape index (κ3) is 8.67. The highest BCUT2D eigenvalue weighted by molar-refractivity contribution is 7.90. The van der Waals surface area contributed by atoms with Crippen LogP contribution in [0.4, 0.5) is 34.6 Å². The fourth-order valence-corrected chi connectivity index (χ4v) is 5.53. The van der Waals surface area contributed by atoms with E-state index in [1.807, 2.05) is 4.90 Å². The smallest absolute Gasteiger partial charge is 0.394 e. The molecule has 1 amide bonds. The Bertz CT molecular complexity index is 1760. The second kappa shape index (κ2) is 13.8. The van der Waals surface area contributed by atoms with E-state index in [4.69, 9.17) is 4.74 Å². The van der Waals surface area contributed by atoms with Gasteiger partial charge in [-0.2, -0.15) is 13.2 Å². The highest BCUT2D eigenvalue weighted by Crippen LogP contribution is 2.31. The second-order valence-electron chi connectivity index (χ2n) is 10.6. The average molecular weight is 651 g/mol. The number of benzene rings is 1. The molecule has 0 unspecified atom stereocenters. The van der Waals surface area contributed by atoms with E-state index in [0.29, 0.717) is 18.7 Å². The molecule has 1 fully saturated rings. The Kier molecular flexibility index (Phi) is 10.3. The highest BCUT2D eigenvalue weighted by atomic mass is 32.2. The minimum Gasteiger partial charge on any atom is -0.495 e. The van der Waals surface area contributed by atoms with Crippen LogP contribution < -0.4 is 20.7 Å². The third-order valence-corrected chi connectivity index (χ3v) is 8.14. The molecule has 1 aliphatic heterocycles. The maximum Gasteiger partial charge on any atom is 0.394 e. The van der Waals surface area contributed by atoms with Crippen molar-refractivity contribution in [3.8, 4) is 17.6 Å². The first-order valence-electron chi connectivity index (χ1n) is 13.9. The number of aromatic nitrogens is 2. The van der Waals surface area contributed by atoms with Crippen LogP contribution in [0.2, 0.25) is 0 Å². The summed E-state index contributed by atoms with van der Waals surface area (Å²) in [6.45, 7) is 2.41. The molecule has 0 bridgehead atoms. The maximum absolute atomic E-state index is 15.0. The summed E-state index contributed by atoms with van der Waals surface area (Å²) in [6, 6.07) is 5.13. The highest BCUT2D eigenvalue weighted by Gasteiger charge is 2.33. The lowest BCUT2D eigenvalue weighted by atomic mass is 10.0. The molecule has 3 heterocycles. The van der Waals surface area contributed by atoms with Gasteiger partial charge in [0.15, 0.2) is 15.5 Å². The number of sulfone groups is 1. The normalized spacial score (nSPS) is 17.6. The minimum absolute atomic E-state index is 0.0389. The van der Waals surface area contributed by atoms with Gasteiger partial charge in [0, 0.05) is 31.6 Å². The number of anilines is 3.